The fourth-order valence-electron chi connectivity index (χ4n) is 1.28. The Morgan fingerprint density at radius 2 is 2.19 bits per heavy atom. The molecule has 0 radical (unpaired) electrons. The summed E-state index contributed by atoms with van der Waals surface area (Å²) < 4.78 is 13.3. The smallest absolute Gasteiger partial charge is 0.126 e. The molecule has 1 rings (SSSR count). The summed E-state index contributed by atoms with van der Waals surface area (Å²) in [5, 5.41) is 12.3. The predicted molar refractivity (Wildman–Crippen MR) is 62.8 cm³/mol. The normalized spacial score (nSPS) is 11.2. The van der Waals surface area contributed by atoms with Crippen molar-refractivity contribution in [2.45, 2.75) is 25.8 Å². The highest BCUT2D eigenvalue weighted by molar-refractivity contribution is 6.30. The van der Waals surface area contributed by atoms with E-state index in [1.807, 2.05) is 0 Å². The van der Waals surface area contributed by atoms with Gasteiger partial charge in [-0.2, -0.15) is 5.26 Å². The summed E-state index contributed by atoms with van der Waals surface area (Å²) in [5.41, 5.74) is -0.0246. The van der Waals surface area contributed by atoms with Crippen LogP contribution in [-0.4, -0.2) is 12.1 Å². The molecule has 86 valence electrons. The Bertz CT molecular complexity index is 410. The second kappa shape index (κ2) is 5.29. The quantitative estimate of drug-likeness (QED) is 0.879. The summed E-state index contributed by atoms with van der Waals surface area (Å²) in [6.07, 6.45) is 0.511. The molecule has 1 aromatic rings. The number of hydrogen-bond acceptors (Lipinski definition) is 2. The number of rotatable bonds is 4. The fraction of sp³-hybridized carbons (Fsp3) is 0.417. The van der Waals surface area contributed by atoms with E-state index in [1.54, 1.807) is 19.9 Å². The van der Waals surface area contributed by atoms with Crippen molar-refractivity contribution in [3.8, 4) is 6.07 Å². The van der Waals surface area contributed by atoms with Crippen LogP contribution in [0.15, 0.2) is 18.2 Å². The molecule has 0 atom stereocenters. The second-order valence-electron chi connectivity index (χ2n) is 4.15. The van der Waals surface area contributed by atoms with Crippen molar-refractivity contribution in [2.75, 3.05) is 6.54 Å². The van der Waals surface area contributed by atoms with E-state index in [9.17, 15) is 4.39 Å². The predicted octanol–water partition coefficient (Wildman–Crippen LogP) is 2.91. The lowest BCUT2D eigenvalue weighted by molar-refractivity contribution is 0.485. The first-order chi connectivity index (χ1) is 7.44. The van der Waals surface area contributed by atoms with Gasteiger partial charge in [0.05, 0.1) is 6.07 Å². The first kappa shape index (κ1) is 13.0. The lowest BCUT2D eigenvalue weighted by atomic mass is 10.1. The van der Waals surface area contributed by atoms with Gasteiger partial charge in [-0.15, -0.1) is 0 Å². The van der Waals surface area contributed by atoms with Crippen LogP contribution in [0.25, 0.3) is 0 Å². The molecule has 0 spiro atoms. The van der Waals surface area contributed by atoms with E-state index in [4.69, 9.17) is 16.9 Å². The highest BCUT2D eigenvalue weighted by atomic mass is 35.5. The van der Waals surface area contributed by atoms with Crippen LogP contribution in [0.1, 0.15) is 19.4 Å². The highest BCUT2D eigenvalue weighted by Crippen LogP contribution is 2.15. The molecular formula is C12H14ClFN2. The Morgan fingerprint density at radius 3 is 2.81 bits per heavy atom. The number of hydrogen-bond donors (Lipinski definition) is 1. The second-order valence-corrected chi connectivity index (χ2v) is 4.59. The SMILES string of the molecule is CC(C)(C#N)NCCc1cc(Cl)ccc1F. The van der Waals surface area contributed by atoms with Gasteiger partial charge < -0.3 is 0 Å². The highest BCUT2D eigenvalue weighted by Gasteiger charge is 2.14. The lowest BCUT2D eigenvalue weighted by Crippen LogP contribution is -2.38. The zero-order chi connectivity index (χ0) is 12.2. The van der Waals surface area contributed by atoms with Gasteiger partial charge >= 0.3 is 0 Å². The van der Waals surface area contributed by atoms with Crippen molar-refractivity contribution in [3.05, 3.63) is 34.6 Å². The van der Waals surface area contributed by atoms with Crippen LogP contribution in [0, 0.1) is 17.1 Å². The molecule has 0 aliphatic heterocycles. The van der Waals surface area contributed by atoms with E-state index in [0.29, 0.717) is 23.6 Å². The zero-order valence-corrected chi connectivity index (χ0v) is 10.1. The third kappa shape index (κ3) is 3.80. The molecule has 0 aliphatic carbocycles. The summed E-state index contributed by atoms with van der Waals surface area (Å²) in [4.78, 5) is 0. The van der Waals surface area contributed by atoms with Crippen LogP contribution in [0.4, 0.5) is 4.39 Å². The Hall–Kier alpha value is -1.11. The number of benzene rings is 1. The molecular weight excluding hydrogens is 227 g/mol. The summed E-state index contributed by atoms with van der Waals surface area (Å²) in [6.45, 7) is 4.10. The Morgan fingerprint density at radius 1 is 1.50 bits per heavy atom. The van der Waals surface area contributed by atoms with E-state index in [-0.39, 0.29) is 5.82 Å². The number of nitrogens with one attached hydrogen (secondary N) is 1. The van der Waals surface area contributed by atoms with E-state index in [2.05, 4.69) is 11.4 Å². The Balaban J connectivity index is 2.56. The Labute approximate surface area is 100 Å². The maximum absolute atomic E-state index is 13.3. The molecule has 1 N–H and O–H groups in total. The molecule has 0 saturated carbocycles. The molecule has 0 fully saturated rings. The molecule has 1 aromatic carbocycles. The van der Waals surface area contributed by atoms with Crippen LogP contribution >= 0.6 is 11.6 Å². The van der Waals surface area contributed by atoms with E-state index in [0.717, 1.165) is 0 Å². The minimum Gasteiger partial charge on any atom is -0.300 e. The fourth-order valence-corrected chi connectivity index (χ4v) is 1.48. The monoisotopic (exact) mass is 240 g/mol. The van der Waals surface area contributed by atoms with Gasteiger partial charge in [-0.25, -0.2) is 4.39 Å². The topological polar surface area (TPSA) is 35.8 Å². The summed E-state index contributed by atoms with van der Waals surface area (Å²) in [5.74, 6) is -0.263. The molecule has 0 aromatic heterocycles. The molecule has 0 aliphatic rings. The van der Waals surface area contributed by atoms with Crippen molar-refractivity contribution in [1.29, 1.82) is 5.26 Å². The molecule has 0 heterocycles. The van der Waals surface area contributed by atoms with Crippen molar-refractivity contribution in [3.63, 3.8) is 0 Å². The maximum Gasteiger partial charge on any atom is 0.126 e. The average molecular weight is 241 g/mol. The molecule has 0 bridgehead atoms. The summed E-state index contributed by atoms with van der Waals surface area (Å²) in [7, 11) is 0. The molecule has 16 heavy (non-hydrogen) atoms. The minimum atomic E-state index is -0.588. The Kier molecular flexibility index (Phi) is 4.28. The van der Waals surface area contributed by atoms with Gasteiger partial charge in [-0.05, 0) is 44.0 Å². The zero-order valence-electron chi connectivity index (χ0n) is 9.35. The van der Waals surface area contributed by atoms with Crippen LogP contribution in [0.5, 0.6) is 0 Å². The van der Waals surface area contributed by atoms with Gasteiger partial charge in [0.2, 0.25) is 0 Å². The largest absolute Gasteiger partial charge is 0.300 e. The lowest BCUT2D eigenvalue weighted by Gasteiger charge is -2.17. The van der Waals surface area contributed by atoms with Crippen molar-refractivity contribution < 1.29 is 4.39 Å². The molecule has 0 unspecified atom stereocenters. The maximum atomic E-state index is 13.3. The average Bonchev–Trinajstić information content (AvgIpc) is 2.23. The molecule has 2 nitrogen and oxygen atoms in total. The third-order valence-corrected chi connectivity index (χ3v) is 2.48. The van der Waals surface area contributed by atoms with Crippen molar-refractivity contribution in [1.82, 2.24) is 5.32 Å². The molecule has 4 heteroatoms. The van der Waals surface area contributed by atoms with E-state index < -0.39 is 5.54 Å². The summed E-state index contributed by atoms with van der Waals surface area (Å²) >= 11 is 5.77. The molecule has 0 amide bonds. The van der Waals surface area contributed by atoms with Gasteiger partial charge in [0.15, 0.2) is 0 Å². The van der Waals surface area contributed by atoms with Crippen LogP contribution in [0.2, 0.25) is 5.02 Å². The van der Waals surface area contributed by atoms with Gasteiger partial charge in [0.25, 0.3) is 0 Å². The van der Waals surface area contributed by atoms with Gasteiger partial charge in [-0.3, -0.25) is 5.32 Å². The molecule has 0 saturated heterocycles. The van der Waals surface area contributed by atoms with Gasteiger partial charge in [0, 0.05) is 11.6 Å². The van der Waals surface area contributed by atoms with Gasteiger partial charge in [0.1, 0.15) is 11.4 Å². The van der Waals surface area contributed by atoms with Crippen LogP contribution < -0.4 is 5.32 Å². The van der Waals surface area contributed by atoms with E-state index in [1.165, 1.54) is 12.1 Å². The number of nitrogens with zero attached hydrogens (tertiary/aromatic N) is 1. The third-order valence-electron chi connectivity index (χ3n) is 2.25. The van der Waals surface area contributed by atoms with Crippen molar-refractivity contribution >= 4 is 11.6 Å². The van der Waals surface area contributed by atoms with E-state index >= 15 is 0 Å². The first-order valence-electron chi connectivity index (χ1n) is 5.05. The minimum absolute atomic E-state index is 0.263. The van der Waals surface area contributed by atoms with Gasteiger partial charge in [-0.1, -0.05) is 11.6 Å². The number of halogens is 2. The first-order valence-corrected chi connectivity index (χ1v) is 5.42. The van der Waals surface area contributed by atoms with Crippen LogP contribution in [-0.2, 0) is 6.42 Å². The summed E-state index contributed by atoms with van der Waals surface area (Å²) in [6, 6.07) is 6.61. The number of nitriles is 1. The van der Waals surface area contributed by atoms with Crippen molar-refractivity contribution in [2.24, 2.45) is 0 Å². The standard InChI is InChI=1S/C12H14ClFN2/c1-12(2,8-15)16-6-5-9-7-10(13)3-4-11(9)14/h3-4,7,16H,5-6H2,1-2H3. The van der Waals surface area contributed by atoms with Crippen LogP contribution in [0.3, 0.4) is 0 Å².